The Morgan fingerprint density at radius 2 is 2.00 bits per heavy atom. The Morgan fingerprint density at radius 1 is 1.27 bits per heavy atom. The molecule has 1 heterocycles. The van der Waals surface area contributed by atoms with E-state index in [1.54, 1.807) is 11.3 Å². The average Bonchev–Trinajstić information content (AvgIpc) is 2.69. The van der Waals surface area contributed by atoms with Crippen molar-refractivity contribution in [2.75, 3.05) is 12.4 Å². The lowest BCUT2D eigenvalue weighted by molar-refractivity contribution is 1.10. The number of aryl methyl sites for hydroxylation is 1. The van der Waals surface area contributed by atoms with Crippen molar-refractivity contribution in [3.05, 3.63) is 46.5 Å². The van der Waals surface area contributed by atoms with Crippen LogP contribution in [-0.2, 0) is 6.42 Å². The highest BCUT2D eigenvalue weighted by molar-refractivity contribution is 7.13. The maximum Gasteiger partial charge on any atom is 0.182 e. The van der Waals surface area contributed by atoms with Crippen LogP contribution in [0.15, 0.2) is 29.6 Å². The number of hydrogen-bond donors (Lipinski definition) is 1. The van der Waals surface area contributed by atoms with Gasteiger partial charge in [-0.2, -0.15) is 0 Å². The van der Waals surface area contributed by atoms with Crippen molar-refractivity contribution in [2.45, 2.75) is 13.3 Å². The van der Waals surface area contributed by atoms with Gasteiger partial charge in [0, 0.05) is 18.8 Å². The first-order valence-electron chi connectivity index (χ1n) is 4.95. The summed E-state index contributed by atoms with van der Waals surface area (Å²) in [5.41, 5.74) is 3.75. The lowest BCUT2D eigenvalue weighted by Gasteiger charge is -1.98. The Bertz CT molecular complexity index is 431. The van der Waals surface area contributed by atoms with Gasteiger partial charge in [-0.1, -0.05) is 29.8 Å². The van der Waals surface area contributed by atoms with Crippen LogP contribution < -0.4 is 5.32 Å². The number of benzene rings is 1. The molecule has 0 aliphatic carbocycles. The van der Waals surface area contributed by atoms with E-state index in [1.165, 1.54) is 11.1 Å². The monoisotopic (exact) mass is 218 g/mol. The molecular weight excluding hydrogens is 204 g/mol. The predicted octanol–water partition coefficient (Wildman–Crippen LogP) is 3.08. The fraction of sp³-hybridized carbons (Fsp3) is 0.250. The Morgan fingerprint density at radius 3 is 2.60 bits per heavy atom. The summed E-state index contributed by atoms with van der Waals surface area (Å²) in [6.07, 6.45) is 0.915. The Kier molecular flexibility index (Phi) is 3.02. The topological polar surface area (TPSA) is 24.9 Å². The summed E-state index contributed by atoms with van der Waals surface area (Å²) in [6, 6.07) is 8.60. The molecule has 2 aromatic rings. The van der Waals surface area contributed by atoms with E-state index in [0.29, 0.717) is 0 Å². The van der Waals surface area contributed by atoms with Gasteiger partial charge in [-0.15, -0.1) is 11.3 Å². The molecule has 0 atom stereocenters. The number of nitrogens with zero attached hydrogens (tertiary/aromatic N) is 1. The first kappa shape index (κ1) is 10.2. The molecule has 1 aromatic heterocycles. The van der Waals surface area contributed by atoms with Crippen molar-refractivity contribution in [1.29, 1.82) is 0 Å². The van der Waals surface area contributed by atoms with Gasteiger partial charge in [0.05, 0.1) is 5.69 Å². The highest BCUT2D eigenvalue weighted by Gasteiger charge is 2.01. The van der Waals surface area contributed by atoms with Crippen molar-refractivity contribution in [2.24, 2.45) is 0 Å². The van der Waals surface area contributed by atoms with Crippen molar-refractivity contribution in [3.8, 4) is 0 Å². The van der Waals surface area contributed by atoms with Gasteiger partial charge in [0.25, 0.3) is 0 Å². The van der Waals surface area contributed by atoms with E-state index in [4.69, 9.17) is 0 Å². The molecule has 3 heteroatoms. The van der Waals surface area contributed by atoms with Crippen LogP contribution in [0.1, 0.15) is 16.8 Å². The summed E-state index contributed by atoms with van der Waals surface area (Å²) >= 11 is 1.65. The van der Waals surface area contributed by atoms with Gasteiger partial charge in [-0.25, -0.2) is 4.98 Å². The van der Waals surface area contributed by atoms with Crippen LogP contribution >= 0.6 is 11.3 Å². The second-order valence-electron chi connectivity index (χ2n) is 3.56. The van der Waals surface area contributed by atoms with Gasteiger partial charge in [0.15, 0.2) is 5.13 Å². The summed E-state index contributed by atoms with van der Waals surface area (Å²) in [5.74, 6) is 0. The summed E-state index contributed by atoms with van der Waals surface area (Å²) in [6.45, 7) is 2.10. The lowest BCUT2D eigenvalue weighted by Crippen LogP contribution is -1.90. The first-order valence-corrected chi connectivity index (χ1v) is 5.83. The lowest BCUT2D eigenvalue weighted by atomic mass is 10.1. The molecule has 0 unspecified atom stereocenters. The molecule has 0 fully saturated rings. The summed E-state index contributed by atoms with van der Waals surface area (Å²) in [5, 5.41) is 6.14. The number of anilines is 1. The molecule has 2 rings (SSSR count). The molecule has 15 heavy (non-hydrogen) atoms. The molecule has 0 amide bonds. The molecule has 0 bridgehead atoms. The minimum Gasteiger partial charge on any atom is -0.365 e. The molecule has 0 aliphatic rings. The number of aromatic nitrogens is 1. The number of nitrogens with one attached hydrogen (secondary N) is 1. The SMILES string of the molecule is CNc1nc(Cc2ccc(C)cc2)cs1. The molecular formula is C12H14N2S. The van der Waals surface area contributed by atoms with Crippen molar-refractivity contribution in [1.82, 2.24) is 4.98 Å². The molecule has 1 N–H and O–H groups in total. The molecule has 1 aromatic carbocycles. The molecule has 2 nitrogen and oxygen atoms in total. The maximum absolute atomic E-state index is 4.45. The molecule has 0 aliphatic heterocycles. The van der Waals surface area contributed by atoms with Crippen LogP contribution in [0.25, 0.3) is 0 Å². The van der Waals surface area contributed by atoms with Gasteiger partial charge < -0.3 is 5.32 Å². The smallest absolute Gasteiger partial charge is 0.182 e. The molecule has 0 saturated heterocycles. The van der Waals surface area contributed by atoms with Crippen molar-refractivity contribution in [3.63, 3.8) is 0 Å². The predicted molar refractivity (Wildman–Crippen MR) is 65.6 cm³/mol. The number of rotatable bonds is 3. The fourth-order valence-corrected chi connectivity index (χ4v) is 2.09. The van der Waals surface area contributed by atoms with E-state index in [1.807, 2.05) is 7.05 Å². The highest BCUT2D eigenvalue weighted by Crippen LogP contribution is 2.17. The summed E-state index contributed by atoms with van der Waals surface area (Å²) in [7, 11) is 1.90. The minimum atomic E-state index is 0.915. The van der Waals surface area contributed by atoms with Crippen molar-refractivity contribution < 1.29 is 0 Å². The summed E-state index contributed by atoms with van der Waals surface area (Å²) in [4.78, 5) is 4.45. The van der Waals surface area contributed by atoms with E-state index in [9.17, 15) is 0 Å². The minimum absolute atomic E-state index is 0.915. The maximum atomic E-state index is 4.45. The van der Waals surface area contributed by atoms with Crippen LogP contribution in [0.3, 0.4) is 0 Å². The van der Waals surface area contributed by atoms with E-state index < -0.39 is 0 Å². The van der Waals surface area contributed by atoms with Gasteiger partial charge in [-0.05, 0) is 12.5 Å². The van der Waals surface area contributed by atoms with E-state index >= 15 is 0 Å². The fourth-order valence-electron chi connectivity index (χ4n) is 1.42. The largest absolute Gasteiger partial charge is 0.365 e. The second-order valence-corrected chi connectivity index (χ2v) is 4.41. The summed E-state index contributed by atoms with van der Waals surface area (Å²) < 4.78 is 0. The van der Waals surface area contributed by atoms with Crippen LogP contribution in [0.4, 0.5) is 5.13 Å². The zero-order valence-electron chi connectivity index (χ0n) is 8.95. The van der Waals surface area contributed by atoms with E-state index in [-0.39, 0.29) is 0 Å². The van der Waals surface area contributed by atoms with E-state index in [2.05, 4.69) is 46.9 Å². The molecule has 78 valence electrons. The first-order chi connectivity index (χ1) is 7.28. The Hall–Kier alpha value is -1.35. The number of thiazole rings is 1. The van der Waals surface area contributed by atoms with Gasteiger partial charge in [0.2, 0.25) is 0 Å². The van der Waals surface area contributed by atoms with Gasteiger partial charge >= 0.3 is 0 Å². The van der Waals surface area contributed by atoms with Crippen LogP contribution in [0, 0.1) is 6.92 Å². The van der Waals surface area contributed by atoms with Crippen LogP contribution in [0.2, 0.25) is 0 Å². The zero-order valence-corrected chi connectivity index (χ0v) is 9.77. The average molecular weight is 218 g/mol. The van der Waals surface area contributed by atoms with Crippen molar-refractivity contribution >= 4 is 16.5 Å². The highest BCUT2D eigenvalue weighted by atomic mass is 32.1. The third-order valence-electron chi connectivity index (χ3n) is 2.27. The number of hydrogen-bond acceptors (Lipinski definition) is 3. The Labute approximate surface area is 94.0 Å². The third kappa shape index (κ3) is 2.57. The van der Waals surface area contributed by atoms with Gasteiger partial charge in [-0.3, -0.25) is 0 Å². The molecule has 0 saturated carbocycles. The van der Waals surface area contributed by atoms with Crippen LogP contribution in [-0.4, -0.2) is 12.0 Å². The van der Waals surface area contributed by atoms with Crippen LogP contribution in [0.5, 0.6) is 0 Å². The third-order valence-corrected chi connectivity index (χ3v) is 3.18. The molecule has 0 radical (unpaired) electrons. The Balaban J connectivity index is 2.11. The zero-order chi connectivity index (χ0) is 10.7. The van der Waals surface area contributed by atoms with Gasteiger partial charge in [0.1, 0.15) is 0 Å². The standard InChI is InChI=1S/C12H14N2S/c1-9-3-5-10(6-4-9)7-11-8-15-12(13-2)14-11/h3-6,8H,7H2,1-2H3,(H,13,14). The normalized spacial score (nSPS) is 10.3. The molecule has 0 spiro atoms. The van der Waals surface area contributed by atoms with E-state index in [0.717, 1.165) is 17.2 Å². The quantitative estimate of drug-likeness (QED) is 0.856. The second kappa shape index (κ2) is 4.45.